The number of halogens is 9. The second-order valence-corrected chi connectivity index (χ2v) is 5.17. The molecule has 2 aromatic rings. The summed E-state index contributed by atoms with van der Waals surface area (Å²) in [6.45, 7) is 0. The SMILES string of the molecule is N#Cc1cc(C(F)(F)F)[nH]c1-c1ccc(OC(F)(F)C(F)C(F)(F)F)cc1. The van der Waals surface area contributed by atoms with E-state index >= 15 is 0 Å². The molecule has 1 N–H and O–H groups in total. The Morgan fingerprint density at radius 1 is 0.963 bits per heavy atom. The highest BCUT2D eigenvalue weighted by atomic mass is 19.4. The van der Waals surface area contributed by atoms with Crippen molar-refractivity contribution in [2.75, 3.05) is 0 Å². The minimum atomic E-state index is -5.86. The number of hydrogen-bond donors (Lipinski definition) is 1. The molecule has 0 fully saturated rings. The van der Waals surface area contributed by atoms with Crippen LogP contribution in [-0.4, -0.2) is 23.4 Å². The first kappa shape index (κ1) is 20.5. The van der Waals surface area contributed by atoms with Crippen molar-refractivity contribution in [2.24, 2.45) is 0 Å². The third-order valence-electron chi connectivity index (χ3n) is 3.22. The Kier molecular flexibility index (Phi) is 5.09. The molecule has 1 heterocycles. The van der Waals surface area contributed by atoms with Gasteiger partial charge < -0.3 is 9.72 Å². The van der Waals surface area contributed by atoms with Gasteiger partial charge in [0.2, 0.25) is 0 Å². The van der Waals surface area contributed by atoms with Crippen molar-refractivity contribution in [3.05, 3.63) is 41.6 Å². The molecule has 27 heavy (non-hydrogen) atoms. The predicted octanol–water partition coefficient (Wildman–Crippen LogP) is 5.44. The van der Waals surface area contributed by atoms with Crippen molar-refractivity contribution < 1.29 is 44.3 Å². The van der Waals surface area contributed by atoms with E-state index in [0.717, 1.165) is 12.1 Å². The van der Waals surface area contributed by atoms with E-state index in [4.69, 9.17) is 5.26 Å². The molecule has 3 nitrogen and oxygen atoms in total. The van der Waals surface area contributed by atoms with Crippen LogP contribution in [-0.2, 0) is 6.18 Å². The number of nitriles is 1. The van der Waals surface area contributed by atoms with Crippen LogP contribution in [0.25, 0.3) is 11.3 Å². The lowest BCUT2D eigenvalue weighted by atomic mass is 10.1. The summed E-state index contributed by atoms with van der Waals surface area (Å²) in [6, 6.07) is 5.27. The normalized spacial score (nSPS) is 13.9. The largest absolute Gasteiger partial charge is 0.439 e. The van der Waals surface area contributed by atoms with E-state index in [1.54, 1.807) is 0 Å². The van der Waals surface area contributed by atoms with Gasteiger partial charge in [-0.25, -0.2) is 4.39 Å². The maximum Gasteiger partial charge on any atom is 0.439 e. The predicted molar refractivity (Wildman–Crippen MR) is 72.5 cm³/mol. The molecule has 12 heteroatoms. The van der Waals surface area contributed by atoms with Crippen molar-refractivity contribution in [3.8, 4) is 23.1 Å². The Morgan fingerprint density at radius 2 is 1.52 bits per heavy atom. The van der Waals surface area contributed by atoms with Gasteiger partial charge in [-0.15, -0.1) is 0 Å². The summed E-state index contributed by atoms with van der Waals surface area (Å²) in [5.41, 5.74) is -1.99. The first-order chi connectivity index (χ1) is 12.3. The molecule has 146 valence electrons. The molecule has 2 rings (SSSR count). The summed E-state index contributed by atoms with van der Waals surface area (Å²) in [7, 11) is 0. The Morgan fingerprint density at radius 3 is 1.96 bits per heavy atom. The van der Waals surface area contributed by atoms with Gasteiger partial charge in [-0.1, -0.05) is 0 Å². The highest BCUT2D eigenvalue weighted by molar-refractivity contribution is 5.68. The standard InChI is InChI=1S/C15H7F9N2O/c16-12(14(20,21)22)15(23,24)27-9-3-1-7(2-4-9)11-8(6-25)5-10(26-11)13(17,18)19/h1-5,12,26H. The van der Waals surface area contributed by atoms with Crippen LogP contribution in [0.1, 0.15) is 11.3 Å². The Balaban J connectivity index is 2.29. The van der Waals surface area contributed by atoms with E-state index in [1.165, 1.54) is 6.07 Å². The van der Waals surface area contributed by atoms with Crippen LogP contribution < -0.4 is 4.74 Å². The number of benzene rings is 1. The van der Waals surface area contributed by atoms with E-state index in [2.05, 4.69) is 4.74 Å². The van der Waals surface area contributed by atoms with Crippen LogP contribution in [0.5, 0.6) is 5.75 Å². The number of rotatable bonds is 4. The van der Waals surface area contributed by atoms with Gasteiger partial charge in [0.15, 0.2) is 0 Å². The van der Waals surface area contributed by atoms with Crippen molar-refractivity contribution in [1.82, 2.24) is 4.98 Å². The number of nitrogens with zero attached hydrogens (tertiary/aromatic N) is 1. The van der Waals surface area contributed by atoms with Crippen LogP contribution in [0.15, 0.2) is 30.3 Å². The molecule has 1 aromatic heterocycles. The minimum absolute atomic E-state index is 0.0645. The second-order valence-electron chi connectivity index (χ2n) is 5.17. The Hall–Kier alpha value is -2.84. The Labute approximate surface area is 145 Å². The number of alkyl halides is 9. The summed E-state index contributed by atoms with van der Waals surface area (Å²) >= 11 is 0. The molecule has 0 aliphatic heterocycles. The van der Waals surface area contributed by atoms with Gasteiger partial charge in [0.25, 0.3) is 6.17 Å². The van der Waals surface area contributed by atoms with E-state index in [-0.39, 0.29) is 11.3 Å². The molecule has 0 amide bonds. The lowest BCUT2D eigenvalue weighted by Gasteiger charge is -2.23. The third-order valence-corrected chi connectivity index (χ3v) is 3.22. The molecular formula is C15H7F9N2O. The molecule has 0 bridgehead atoms. The van der Waals surface area contributed by atoms with E-state index in [0.29, 0.717) is 18.2 Å². The Bertz CT molecular complexity index is 844. The molecule has 0 saturated heterocycles. The van der Waals surface area contributed by atoms with Crippen molar-refractivity contribution in [3.63, 3.8) is 0 Å². The number of aromatic amines is 1. The summed E-state index contributed by atoms with van der Waals surface area (Å²) in [5, 5.41) is 8.89. The van der Waals surface area contributed by atoms with Gasteiger partial charge in [-0.2, -0.15) is 40.4 Å². The second kappa shape index (κ2) is 6.71. The zero-order chi connectivity index (χ0) is 20.6. The first-order valence-corrected chi connectivity index (χ1v) is 6.84. The van der Waals surface area contributed by atoms with E-state index in [1.807, 2.05) is 4.98 Å². The third kappa shape index (κ3) is 4.47. The average molecular weight is 402 g/mol. The quantitative estimate of drug-likeness (QED) is 0.692. The van der Waals surface area contributed by atoms with Crippen LogP contribution in [0.4, 0.5) is 39.5 Å². The maximum absolute atomic E-state index is 13.2. The summed E-state index contributed by atoms with van der Waals surface area (Å²) in [4.78, 5) is 1.95. The van der Waals surface area contributed by atoms with Crippen molar-refractivity contribution in [1.29, 1.82) is 5.26 Å². The molecule has 1 unspecified atom stereocenters. The first-order valence-electron chi connectivity index (χ1n) is 6.84. The van der Waals surface area contributed by atoms with Crippen molar-refractivity contribution in [2.45, 2.75) is 24.6 Å². The number of ether oxygens (including phenoxy) is 1. The molecule has 0 aliphatic rings. The van der Waals surface area contributed by atoms with Gasteiger partial charge in [-0.05, 0) is 35.9 Å². The monoisotopic (exact) mass is 402 g/mol. The van der Waals surface area contributed by atoms with Gasteiger partial charge in [-0.3, -0.25) is 0 Å². The molecular weight excluding hydrogens is 395 g/mol. The fourth-order valence-corrected chi connectivity index (χ4v) is 2.01. The zero-order valence-corrected chi connectivity index (χ0v) is 12.7. The topological polar surface area (TPSA) is 48.8 Å². The minimum Gasteiger partial charge on any atom is -0.430 e. The van der Waals surface area contributed by atoms with Gasteiger partial charge in [0, 0.05) is 0 Å². The molecule has 0 aliphatic carbocycles. The number of H-pyrrole nitrogens is 1. The van der Waals surface area contributed by atoms with E-state index < -0.39 is 41.6 Å². The number of aromatic nitrogens is 1. The van der Waals surface area contributed by atoms with Gasteiger partial charge in [0.05, 0.1) is 11.3 Å². The highest BCUT2D eigenvalue weighted by Crippen LogP contribution is 2.37. The fraction of sp³-hybridized carbons (Fsp3) is 0.267. The molecule has 1 aromatic carbocycles. The van der Waals surface area contributed by atoms with Gasteiger partial charge >= 0.3 is 18.5 Å². The molecule has 0 radical (unpaired) electrons. The number of nitrogens with one attached hydrogen (secondary N) is 1. The zero-order valence-electron chi connectivity index (χ0n) is 12.7. The van der Waals surface area contributed by atoms with Crippen LogP contribution in [0.3, 0.4) is 0 Å². The molecule has 1 atom stereocenters. The van der Waals surface area contributed by atoms with Gasteiger partial charge in [0.1, 0.15) is 17.5 Å². The van der Waals surface area contributed by atoms with Crippen LogP contribution >= 0.6 is 0 Å². The van der Waals surface area contributed by atoms with Crippen LogP contribution in [0.2, 0.25) is 0 Å². The molecule has 0 saturated carbocycles. The van der Waals surface area contributed by atoms with E-state index in [9.17, 15) is 39.5 Å². The lowest BCUT2D eigenvalue weighted by Crippen LogP contribution is -2.45. The maximum atomic E-state index is 13.2. The van der Waals surface area contributed by atoms with Crippen molar-refractivity contribution >= 4 is 0 Å². The summed E-state index contributed by atoms with van der Waals surface area (Å²) in [6.07, 6.45) is -20.4. The summed E-state index contributed by atoms with van der Waals surface area (Å²) < 4.78 is 117. The summed E-state index contributed by atoms with van der Waals surface area (Å²) in [5.74, 6) is -0.864. The fourth-order valence-electron chi connectivity index (χ4n) is 2.01. The number of hydrogen-bond acceptors (Lipinski definition) is 2. The molecule has 0 spiro atoms. The average Bonchev–Trinajstić information content (AvgIpc) is 2.98. The smallest absolute Gasteiger partial charge is 0.430 e. The van der Waals surface area contributed by atoms with Crippen LogP contribution in [0, 0.1) is 11.3 Å². The highest BCUT2D eigenvalue weighted by Gasteiger charge is 2.59. The lowest BCUT2D eigenvalue weighted by molar-refractivity contribution is -0.304.